The van der Waals surface area contributed by atoms with Crippen molar-refractivity contribution in [3.8, 4) is 0 Å². The first-order valence-electron chi connectivity index (χ1n) is 5.80. The molecule has 0 aromatic heterocycles. The Labute approximate surface area is 97.4 Å². The van der Waals surface area contributed by atoms with Crippen LogP contribution in [0.15, 0.2) is 18.2 Å². The van der Waals surface area contributed by atoms with Crippen LogP contribution in [0.2, 0.25) is 0 Å². The Bertz CT molecular complexity index is 352. The average molecular weight is 220 g/mol. The van der Waals surface area contributed by atoms with Crippen molar-refractivity contribution < 1.29 is 4.74 Å². The lowest BCUT2D eigenvalue weighted by atomic mass is 10.1. The zero-order valence-electron chi connectivity index (χ0n) is 10.1. The molecule has 88 valence electrons. The van der Waals surface area contributed by atoms with E-state index in [1.54, 1.807) is 7.11 Å². The molecule has 1 aromatic rings. The van der Waals surface area contributed by atoms with Crippen molar-refractivity contribution in [1.82, 2.24) is 10.2 Å². The van der Waals surface area contributed by atoms with Gasteiger partial charge in [-0.05, 0) is 23.7 Å². The predicted molar refractivity (Wildman–Crippen MR) is 65.2 cm³/mol. The molecule has 0 unspecified atom stereocenters. The van der Waals surface area contributed by atoms with Crippen LogP contribution >= 0.6 is 0 Å². The molecule has 0 radical (unpaired) electrons. The van der Waals surface area contributed by atoms with Crippen LogP contribution in [-0.2, 0) is 24.4 Å². The molecule has 0 spiro atoms. The van der Waals surface area contributed by atoms with Gasteiger partial charge in [-0.3, -0.25) is 4.90 Å². The number of methoxy groups -OCH3 is 1. The smallest absolute Gasteiger partial charge is 0.0589 e. The summed E-state index contributed by atoms with van der Waals surface area (Å²) in [6, 6.07) is 6.79. The topological polar surface area (TPSA) is 24.5 Å². The fraction of sp³-hybridized carbons (Fsp3) is 0.538. The molecule has 1 heterocycles. The highest BCUT2D eigenvalue weighted by Crippen LogP contribution is 2.23. The van der Waals surface area contributed by atoms with Gasteiger partial charge in [0.15, 0.2) is 0 Å². The normalized spacial score (nSPS) is 15.4. The van der Waals surface area contributed by atoms with E-state index in [9.17, 15) is 0 Å². The molecular formula is C13H20N2O. The Morgan fingerprint density at radius 1 is 1.31 bits per heavy atom. The molecule has 0 saturated heterocycles. The third-order valence-corrected chi connectivity index (χ3v) is 3.05. The standard InChI is InChI=1S/C13H20N2O/c1-14-8-11-3-4-12-9-15(5-6-16-2)10-13(12)7-11/h3-4,7,14H,5-6,8-10H2,1-2H3. The van der Waals surface area contributed by atoms with Gasteiger partial charge in [0.1, 0.15) is 0 Å². The van der Waals surface area contributed by atoms with Gasteiger partial charge in [-0.25, -0.2) is 0 Å². The van der Waals surface area contributed by atoms with Crippen molar-refractivity contribution >= 4 is 0 Å². The first kappa shape index (κ1) is 11.6. The molecule has 0 atom stereocenters. The van der Waals surface area contributed by atoms with E-state index in [-0.39, 0.29) is 0 Å². The highest BCUT2D eigenvalue weighted by Gasteiger charge is 2.18. The van der Waals surface area contributed by atoms with E-state index in [1.807, 2.05) is 7.05 Å². The molecule has 3 heteroatoms. The Hall–Kier alpha value is -0.900. The van der Waals surface area contributed by atoms with Gasteiger partial charge in [0, 0.05) is 33.3 Å². The molecule has 1 N–H and O–H groups in total. The minimum Gasteiger partial charge on any atom is -0.383 e. The Balaban J connectivity index is 2.00. The van der Waals surface area contributed by atoms with Crippen LogP contribution in [0.25, 0.3) is 0 Å². The summed E-state index contributed by atoms with van der Waals surface area (Å²) in [5.74, 6) is 0. The van der Waals surface area contributed by atoms with E-state index in [2.05, 4.69) is 28.4 Å². The predicted octanol–water partition coefficient (Wildman–Crippen LogP) is 1.37. The van der Waals surface area contributed by atoms with Crippen molar-refractivity contribution in [3.63, 3.8) is 0 Å². The molecule has 0 fully saturated rings. The van der Waals surface area contributed by atoms with E-state index in [0.29, 0.717) is 0 Å². The second-order valence-corrected chi connectivity index (χ2v) is 4.34. The minimum absolute atomic E-state index is 0.817. The minimum atomic E-state index is 0.817. The fourth-order valence-corrected chi connectivity index (χ4v) is 2.21. The summed E-state index contributed by atoms with van der Waals surface area (Å²) in [5.41, 5.74) is 4.31. The summed E-state index contributed by atoms with van der Waals surface area (Å²) in [5, 5.41) is 3.19. The van der Waals surface area contributed by atoms with Gasteiger partial charge in [-0.15, -0.1) is 0 Å². The fourth-order valence-electron chi connectivity index (χ4n) is 2.21. The zero-order chi connectivity index (χ0) is 11.4. The van der Waals surface area contributed by atoms with Crippen molar-refractivity contribution in [2.24, 2.45) is 0 Å². The molecule has 0 aliphatic carbocycles. The number of hydrogen-bond acceptors (Lipinski definition) is 3. The summed E-state index contributed by atoms with van der Waals surface area (Å²) >= 11 is 0. The number of fused-ring (bicyclic) bond motifs is 1. The molecule has 1 aliphatic heterocycles. The number of ether oxygens (including phenoxy) is 1. The maximum Gasteiger partial charge on any atom is 0.0589 e. The molecule has 1 aromatic carbocycles. The molecule has 0 saturated carbocycles. The number of nitrogens with zero attached hydrogens (tertiary/aromatic N) is 1. The van der Waals surface area contributed by atoms with Crippen molar-refractivity contribution in [2.75, 3.05) is 27.3 Å². The molecule has 0 bridgehead atoms. The highest BCUT2D eigenvalue weighted by molar-refractivity contribution is 5.34. The Morgan fingerprint density at radius 2 is 2.12 bits per heavy atom. The van der Waals surface area contributed by atoms with Gasteiger partial charge >= 0.3 is 0 Å². The van der Waals surface area contributed by atoms with E-state index in [4.69, 9.17) is 4.74 Å². The lowest BCUT2D eigenvalue weighted by molar-refractivity contribution is 0.147. The quantitative estimate of drug-likeness (QED) is 0.811. The summed E-state index contributed by atoms with van der Waals surface area (Å²) in [6.45, 7) is 4.92. The largest absolute Gasteiger partial charge is 0.383 e. The summed E-state index contributed by atoms with van der Waals surface area (Å²) < 4.78 is 5.11. The SMILES string of the molecule is CNCc1ccc2c(c1)CN(CCOC)C2. The lowest BCUT2D eigenvalue weighted by Gasteiger charge is -2.13. The van der Waals surface area contributed by atoms with Crippen LogP contribution in [0, 0.1) is 0 Å². The lowest BCUT2D eigenvalue weighted by Crippen LogP contribution is -2.21. The van der Waals surface area contributed by atoms with Gasteiger partial charge < -0.3 is 10.1 Å². The number of hydrogen-bond donors (Lipinski definition) is 1. The van der Waals surface area contributed by atoms with Crippen LogP contribution in [0.3, 0.4) is 0 Å². The molecule has 0 amide bonds. The van der Waals surface area contributed by atoms with Crippen LogP contribution in [0.4, 0.5) is 0 Å². The van der Waals surface area contributed by atoms with Crippen LogP contribution in [-0.4, -0.2) is 32.2 Å². The van der Waals surface area contributed by atoms with E-state index < -0.39 is 0 Å². The number of rotatable bonds is 5. The van der Waals surface area contributed by atoms with Crippen molar-refractivity contribution in [2.45, 2.75) is 19.6 Å². The second-order valence-electron chi connectivity index (χ2n) is 4.34. The number of benzene rings is 1. The highest BCUT2D eigenvalue weighted by atomic mass is 16.5. The van der Waals surface area contributed by atoms with Gasteiger partial charge in [-0.1, -0.05) is 18.2 Å². The maximum atomic E-state index is 5.11. The Morgan fingerprint density at radius 3 is 2.88 bits per heavy atom. The zero-order valence-corrected chi connectivity index (χ0v) is 10.1. The monoisotopic (exact) mass is 220 g/mol. The van der Waals surface area contributed by atoms with Gasteiger partial charge in [-0.2, -0.15) is 0 Å². The Kier molecular flexibility index (Phi) is 3.93. The average Bonchev–Trinajstić information content (AvgIpc) is 2.68. The summed E-state index contributed by atoms with van der Waals surface area (Å²) in [6.07, 6.45) is 0. The summed E-state index contributed by atoms with van der Waals surface area (Å²) in [4.78, 5) is 2.43. The molecule has 3 nitrogen and oxygen atoms in total. The van der Waals surface area contributed by atoms with Gasteiger partial charge in [0.05, 0.1) is 6.61 Å². The molecule has 2 rings (SSSR count). The van der Waals surface area contributed by atoms with Crippen molar-refractivity contribution in [3.05, 3.63) is 34.9 Å². The van der Waals surface area contributed by atoms with Crippen LogP contribution in [0.5, 0.6) is 0 Å². The van der Waals surface area contributed by atoms with Crippen LogP contribution < -0.4 is 5.32 Å². The van der Waals surface area contributed by atoms with E-state index in [1.165, 1.54) is 16.7 Å². The van der Waals surface area contributed by atoms with Gasteiger partial charge in [0.25, 0.3) is 0 Å². The van der Waals surface area contributed by atoms with E-state index in [0.717, 1.165) is 32.8 Å². The van der Waals surface area contributed by atoms with E-state index >= 15 is 0 Å². The molecular weight excluding hydrogens is 200 g/mol. The summed E-state index contributed by atoms with van der Waals surface area (Å²) in [7, 11) is 3.74. The first-order valence-corrected chi connectivity index (χ1v) is 5.80. The third-order valence-electron chi connectivity index (χ3n) is 3.05. The number of nitrogens with one attached hydrogen (secondary N) is 1. The van der Waals surface area contributed by atoms with Crippen molar-refractivity contribution in [1.29, 1.82) is 0 Å². The molecule has 1 aliphatic rings. The molecule has 16 heavy (non-hydrogen) atoms. The van der Waals surface area contributed by atoms with Gasteiger partial charge in [0.2, 0.25) is 0 Å². The second kappa shape index (κ2) is 5.43. The maximum absolute atomic E-state index is 5.11. The van der Waals surface area contributed by atoms with Crippen LogP contribution in [0.1, 0.15) is 16.7 Å². The third kappa shape index (κ3) is 2.61. The first-order chi connectivity index (χ1) is 7.83.